The van der Waals surface area contributed by atoms with Gasteiger partial charge in [-0.2, -0.15) is 9.97 Å². The Hall–Kier alpha value is -3.92. The number of pyridine rings is 1. The summed E-state index contributed by atoms with van der Waals surface area (Å²) >= 11 is 0. The summed E-state index contributed by atoms with van der Waals surface area (Å²) in [6.07, 6.45) is 7.28. The summed E-state index contributed by atoms with van der Waals surface area (Å²) in [7, 11) is 0. The van der Waals surface area contributed by atoms with E-state index in [9.17, 15) is 13.9 Å². The summed E-state index contributed by atoms with van der Waals surface area (Å²) in [6.45, 7) is 6.71. The van der Waals surface area contributed by atoms with E-state index in [1.54, 1.807) is 0 Å². The minimum atomic E-state index is -0.899. The normalized spacial score (nSPS) is 22.6. The quantitative estimate of drug-likeness (QED) is 0.285. The van der Waals surface area contributed by atoms with Crippen LogP contribution in [0.15, 0.2) is 37.0 Å². The standard InChI is InChI=1S/C32H32F3N5O2/c1-2-22-25(34)8-7-19-13-21(41)14-23(26(19)22)28-27(35)29-24(16-36-28)30(39-10-4-3-5-11-39)38-31(37-29)42-18-32-9-6-12-40(32)17-20(33)15-32/h2,7-8,13-14,16,20,41H,1,3-6,9-12,15,17-18H2/t20-,32+/m1/s1. The third-order valence-corrected chi connectivity index (χ3v) is 9.08. The van der Waals surface area contributed by atoms with Gasteiger partial charge in [0.05, 0.1) is 10.9 Å². The summed E-state index contributed by atoms with van der Waals surface area (Å²) in [4.78, 5) is 18.0. The van der Waals surface area contributed by atoms with E-state index in [2.05, 4.69) is 26.3 Å². The highest BCUT2D eigenvalue weighted by atomic mass is 19.1. The van der Waals surface area contributed by atoms with Gasteiger partial charge in [0.25, 0.3) is 0 Å². The van der Waals surface area contributed by atoms with Crippen LogP contribution in [0.1, 0.15) is 44.1 Å². The Kier molecular flexibility index (Phi) is 6.68. The molecule has 0 bridgehead atoms. The number of anilines is 1. The lowest BCUT2D eigenvalue weighted by Gasteiger charge is -2.31. The topological polar surface area (TPSA) is 74.6 Å². The lowest BCUT2D eigenvalue weighted by atomic mass is 9.95. The predicted octanol–water partition coefficient (Wildman–Crippen LogP) is 6.42. The molecule has 2 atom stereocenters. The Morgan fingerprint density at radius 3 is 2.74 bits per heavy atom. The van der Waals surface area contributed by atoms with Crippen LogP contribution in [0.5, 0.6) is 11.8 Å². The molecule has 0 radical (unpaired) electrons. The van der Waals surface area contributed by atoms with Crippen molar-refractivity contribution < 1.29 is 23.0 Å². The van der Waals surface area contributed by atoms with Crippen LogP contribution in [-0.2, 0) is 0 Å². The summed E-state index contributed by atoms with van der Waals surface area (Å²) in [5.74, 6) is -0.806. The molecule has 4 aromatic rings. The van der Waals surface area contributed by atoms with E-state index in [1.165, 1.54) is 36.5 Å². The number of ether oxygens (including phenoxy) is 1. The number of rotatable bonds is 6. The molecule has 2 aromatic carbocycles. The van der Waals surface area contributed by atoms with Gasteiger partial charge in [-0.05, 0) is 62.2 Å². The molecule has 7 nitrogen and oxygen atoms in total. The zero-order valence-electron chi connectivity index (χ0n) is 23.3. The van der Waals surface area contributed by atoms with Gasteiger partial charge >= 0.3 is 6.01 Å². The smallest absolute Gasteiger partial charge is 0.319 e. The van der Waals surface area contributed by atoms with Gasteiger partial charge in [-0.3, -0.25) is 9.88 Å². The monoisotopic (exact) mass is 575 g/mol. The van der Waals surface area contributed by atoms with Crippen LogP contribution in [0.25, 0.3) is 39.0 Å². The van der Waals surface area contributed by atoms with E-state index in [-0.39, 0.29) is 40.7 Å². The maximum atomic E-state index is 16.6. The average Bonchev–Trinajstić information content (AvgIpc) is 3.52. The van der Waals surface area contributed by atoms with Crippen molar-refractivity contribution in [2.45, 2.75) is 50.2 Å². The lowest BCUT2D eigenvalue weighted by Crippen LogP contribution is -2.43. The van der Waals surface area contributed by atoms with Gasteiger partial charge in [-0.1, -0.05) is 18.7 Å². The molecule has 3 aliphatic rings. The van der Waals surface area contributed by atoms with Crippen molar-refractivity contribution >= 4 is 33.6 Å². The Bertz CT molecular complexity index is 1710. The van der Waals surface area contributed by atoms with E-state index in [0.29, 0.717) is 34.9 Å². The van der Waals surface area contributed by atoms with E-state index < -0.39 is 23.3 Å². The number of phenolic OH excluding ortho intramolecular Hbond substituents is 1. The van der Waals surface area contributed by atoms with Gasteiger partial charge in [0.1, 0.15) is 41.4 Å². The minimum Gasteiger partial charge on any atom is -0.508 e. The molecule has 3 fully saturated rings. The molecule has 0 amide bonds. The summed E-state index contributed by atoms with van der Waals surface area (Å²) < 4.78 is 51.9. The number of halogens is 3. The Morgan fingerprint density at radius 1 is 1.10 bits per heavy atom. The van der Waals surface area contributed by atoms with Crippen LogP contribution in [0.4, 0.5) is 19.0 Å². The summed E-state index contributed by atoms with van der Waals surface area (Å²) in [6, 6.07) is 5.70. The maximum absolute atomic E-state index is 16.6. The molecule has 10 heteroatoms. The van der Waals surface area contributed by atoms with Crippen LogP contribution in [0, 0.1) is 11.6 Å². The highest BCUT2D eigenvalue weighted by Gasteiger charge is 2.49. The van der Waals surface area contributed by atoms with E-state index in [1.807, 2.05) is 0 Å². The number of hydrogen-bond donors (Lipinski definition) is 1. The number of alkyl halides is 1. The van der Waals surface area contributed by atoms with Gasteiger partial charge in [-0.15, -0.1) is 0 Å². The molecule has 3 aliphatic heterocycles. The number of phenols is 1. The molecule has 3 saturated heterocycles. The second kappa shape index (κ2) is 10.4. The van der Waals surface area contributed by atoms with Crippen molar-refractivity contribution in [1.82, 2.24) is 19.9 Å². The second-order valence-corrected chi connectivity index (χ2v) is 11.7. The van der Waals surface area contributed by atoms with Gasteiger partial charge in [-0.25, -0.2) is 13.2 Å². The molecule has 218 valence electrons. The van der Waals surface area contributed by atoms with Crippen LogP contribution >= 0.6 is 0 Å². The zero-order chi connectivity index (χ0) is 29.0. The highest BCUT2D eigenvalue weighted by Crippen LogP contribution is 2.42. The van der Waals surface area contributed by atoms with Crippen molar-refractivity contribution in [2.24, 2.45) is 0 Å². The first-order valence-corrected chi connectivity index (χ1v) is 14.6. The number of fused-ring (bicyclic) bond motifs is 3. The molecule has 2 aromatic heterocycles. The summed E-state index contributed by atoms with van der Waals surface area (Å²) in [5, 5.41) is 11.8. The third-order valence-electron chi connectivity index (χ3n) is 9.08. The molecule has 0 spiro atoms. The van der Waals surface area contributed by atoms with Crippen molar-refractivity contribution in [1.29, 1.82) is 0 Å². The van der Waals surface area contributed by atoms with Crippen LogP contribution in [-0.4, -0.2) is 69.5 Å². The van der Waals surface area contributed by atoms with Crippen LogP contribution in [0.3, 0.4) is 0 Å². The van der Waals surface area contributed by atoms with E-state index >= 15 is 4.39 Å². The predicted molar refractivity (Wildman–Crippen MR) is 157 cm³/mol. The lowest BCUT2D eigenvalue weighted by molar-refractivity contribution is 0.107. The van der Waals surface area contributed by atoms with Crippen molar-refractivity contribution in [3.8, 4) is 23.0 Å². The van der Waals surface area contributed by atoms with Gasteiger partial charge < -0.3 is 14.7 Å². The first-order valence-electron chi connectivity index (χ1n) is 14.6. The third kappa shape index (κ3) is 4.43. The molecule has 7 rings (SSSR count). The molecule has 0 aliphatic carbocycles. The number of aromatic nitrogens is 3. The Morgan fingerprint density at radius 2 is 1.93 bits per heavy atom. The first kappa shape index (κ1) is 26.9. The first-order chi connectivity index (χ1) is 20.4. The molecular weight excluding hydrogens is 543 g/mol. The van der Waals surface area contributed by atoms with E-state index in [4.69, 9.17) is 9.72 Å². The zero-order valence-corrected chi connectivity index (χ0v) is 23.3. The number of benzene rings is 2. The number of nitrogens with zero attached hydrogens (tertiary/aromatic N) is 5. The molecule has 0 saturated carbocycles. The second-order valence-electron chi connectivity index (χ2n) is 11.7. The minimum absolute atomic E-state index is 0.0224. The summed E-state index contributed by atoms with van der Waals surface area (Å²) in [5.41, 5.74) is -0.0546. The largest absolute Gasteiger partial charge is 0.508 e. The number of hydrogen-bond acceptors (Lipinski definition) is 7. The van der Waals surface area contributed by atoms with Gasteiger partial charge in [0, 0.05) is 48.8 Å². The molecule has 0 unspecified atom stereocenters. The van der Waals surface area contributed by atoms with Gasteiger partial charge in [0.15, 0.2) is 5.82 Å². The fourth-order valence-corrected chi connectivity index (χ4v) is 7.11. The fourth-order valence-electron chi connectivity index (χ4n) is 7.11. The highest BCUT2D eigenvalue weighted by molar-refractivity contribution is 6.04. The van der Waals surface area contributed by atoms with Crippen LogP contribution in [0.2, 0.25) is 0 Å². The fraction of sp³-hybridized carbons (Fsp3) is 0.406. The maximum Gasteiger partial charge on any atom is 0.319 e. The molecule has 42 heavy (non-hydrogen) atoms. The van der Waals surface area contributed by atoms with E-state index in [0.717, 1.165) is 51.7 Å². The molecule has 5 heterocycles. The Labute approximate surface area is 241 Å². The average molecular weight is 576 g/mol. The van der Waals surface area contributed by atoms with Gasteiger partial charge in [0.2, 0.25) is 0 Å². The van der Waals surface area contributed by atoms with Crippen LogP contribution < -0.4 is 9.64 Å². The number of aromatic hydroxyl groups is 1. The van der Waals surface area contributed by atoms with Crippen molar-refractivity contribution in [2.75, 3.05) is 37.7 Å². The Balaban J connectivity index is 1.38. The molecule has 1 N–H and O–H groups in total. The van der Waals surface area contributed by atoms with Crippen molar-refractivity contribution in [3.05, 3.63) is 54.2 Å². The SMILES string of the molecule is C=Cc1c(F)ccc2cc(O)cc(-c3ncc4c(N5CCCCC5)nc(OC[C@@]56CCCN5C[C@H](F)C6)nc4c3F)c12. The number of piperidine rings is 1. The molecular formula is C32H32F3N5O2. The van der Waals surface area contributed by atoms with Crippen molar-refractivity contribution in [3.63, 3.8) is 0 Å².